The van der Waals surface area contributed by atoms with Crippen LogP contribution in [0, 0.1) is 11.2 Å². The van der Waals surface area contributed by atoms with Gasteiger partial charge < -0.3 is 4.42 Å². The largest absolute Gasteiger partial charge is 0.467 e. The smallest absolute Gasteiger partial charge is 0.234 e. The minimum atomic E-state index is -0.560. The summed E-state index contributed by atoms with van der Waals surface area (Å²) in [5, 5.41) is 0.543. The number of anilines is 1. The molecule has 2 aromatic heterocycles. The molecule has 0 saturated carbocycles. The van der Waals surface area contributed by atoms with Crippen LogP contribution in [0.5, 0.6) is 0 Å². The first-order valence-corrected chi connectivity index (χ1v) is 8.07. The molecule has 3 rings (SSSR count). The Labute approximate surface area is 137 Å². The van der Waals surface area contributed by atoms with Crippen LogP contribution < -0.4 is 4.90 Å². The molecule has 3 aromatic rings. The summed E-state index contributed by atoms with van der Waals surface area (Å²) in [6.45, 7) is 5.87. The molecule has 0 radical (unpaired) electrons. The highest BCUT2D eigenvalue weighted by molar-refractivity contribution is 7.22. The van der Waals surface area contributed by atoms with E-state index in [1.54, 1.807) is 23.3 Å². The van der Waals surface area contributed by atoms with E-state index in [4.69, 9.17) is 4.42 Å². The number of benzene rings is 1. The molecule has 0 fully saturated rings. The zero-order chi connectivity index (χ0) is 16.6. The van der Waals surface area contributed by atoms with Crippen LogP contribution in [0.2, 0.25) is 0 Å². The highest BCUT2D eigenvalue weighted by atomic mass is 32.1. The number of hydrogen-bond acceptors (Lipinski definition) is 4. The third-order valence-corrected chi connectivity index (χ3v) is 4.39. The molecule has 2 heterocycles. The van der Waals surface area contributed by atoms with Gasteiger partial charge in [0.15, 0.2) is 5.13 Å². The van der Waals surface area contributed by atoms with Crippen molar-refractivity contribution in [2.45, 2.75) is 27.3 Å². The van der Waals surface area contributed by atoms with E-state index in [1.807, 2.05) is 26.8 Å². The van der Waals surface area contributed by atoms with Crippen molar-refractivity contribution in [3.63, 3.8) is 0 Å². The maximum Gasteiger partial charge on any atom is 0.234 e. The maximum atomic E-state index is 13.4. The third-order valence-electron chi connectivity index (χ3n) is 3.35. The normalized spacial score (nSPS) is 11.8. The Hall–Kier alpha value is -2.21. The second-order valence-corrected chi connectivity index (χ2v) is 7.34. The van der Waals surface area contributed by atoms with Crippen LogP contribution in [0.4, 0.5) is 9.52 Å². The first kappa shape index (κ1) is 15.7. The summed E-state index contributed by atoms with van der Waals surface area (Å²) in [4.78, 5) is 18.9. The van der Waals surface area contributed by atoms with E-state index in [1.165, 1.54) is 23.5 Å². The average molecular weight is 332 g/mol. The molecule has 0 saturated heterocycles. The van der Waals surface area contributed by atoms with E-state index in [2.05, 4.69) is 4.98 Å². The van der Waals surface area contributed by atoms with Crippen LogP contribution in [0.3, 0.4) is 0 Å². The molecule has 0 aliphatic heterocycles. The fraction of sp³-hybridized carbons (Fsp3) is 0.294. The van der Waals surface area contributed by atoms with E-state index >= 15 is 0 Å². The number of aromatic nitrogens is 1. The van der Waals surface area contributed by atoms with E-state index in [0.717, 1.165) is 0 Å². The predicted molar refractivity (Wildman–Crippen MR) is 88.9 cm³/mol. The van der Waals surface area contributed by atoms with Gasteiger partial charge in [-0.3, -0.25) is 9.69 Å². The van der Waals surface area contributed by atoms with Crippen LogP contribution in [0.15, 0.2) is 41.0 Å². The Bertz CT molecular complexity index is 834. The van der Waals surface area contributed by atoms with E-state index in [9.17, 15) is 9.18 Å². The Balaban J connectivity index is 2.03. The predicted octanol–water partition coefficient (Wildman–Crippen LogP) is 4.61. The molecular weight excluding hydrogens is 315 g/mol. The topological polar surface area (TPSA) is 46.3 Å². The SMILES string of the molecule is CC(C)(C)C(=O)N(Cc1ccco1)c1nc2ccc(F)cc2s1. The van der Waals surface area contributed by atoms with Gasteiger partial charge in [-0.1, -0.05) is 32.1 Å². The van der Waals surface area contributed by atoms with Crippen LogP contribution in [0.1, 0.15) is 26.5 Å². The standard InChI is InChI=1S/C17H17FN2O2S/c1-17(2,3)15(21)20(10-12-5-4-8-22-12)16-19-13-7-6-11(18)9-14(13)23-16/h4-9H,10H2,1-3H3. The fourth-order valence-electron chi connectivity index (χ4n) is 2.19. The first-order valence-electron chi connectivity index (χ1n) is 7.25. The van der Waals surface area contributed by atoms with Crippen molar-refractivity contribution in [3.05, 3.63) is 48.2 Å². The lowest BCUT2D eigenvalue weighted by molar-refractivity contribution is -0.126. The fourth-order valence-corrected chi connectivity index (χ4v) is 3.18. The van der Waals surface area contributed by atoms with Gasteiger partial charge in [0.1, 0.15) is 11.6 Å². The minimum Gasteiger partial charge on any atom is -0.467 e. The van der Waals surface area contributed by atoms with Crippen molar-refractivity contribution in [1.82, 2.24) is 4.98 Å². The highest BCUT2D eigenvalue weighted by Crippen LogP contribution is 2.33. The van der Waals surface area contributed by atoms with Crippen LogP contribution in [0.25, 0.3) is 10.2 Å². The molecular formula is C17H17FN2O2S. The number of hydrogen-bond donors (Lipinski definition) is 0. The minimum absolute atomic E-state index is 0.0616. The van der Waals surface area contributed by atoms with Crippen LogP contribution >= 0.6 is 11.3 Å². The summed E-state index contributed by atoms with van der Waals surface area (Å²) in [5.74, 6) is 0.300. The molecule has 0 aliphatic rings. The van der Waals surface area contributed by atoms with E-state index in [0.29, 0.717) is 27.7 Å². The number of carbonyl (C=O) groups excluding carboxylic acids is 1. The number of thiazole rings is 1. The van der Waals surface area contributed by atoms with Crippen molar-refractivity contribution >= 4 is 32.6 Å². The van der Waals surface area contributed by atoms with Gasteiger partial charge >= 0.3 is 0 Å². The van der Waals surface area contributed by atoms with E-state index in [-0.39, 0.29) is 11.7 Å². The van der Waals surface area contributed by atoms with Gasteiger partial charge in [-0.05, 0) is 30.3 Å². The summed E-state index contributed by atoms with van der Waals surface area (Å²) >= 11 is 1.30. The number of fused-ring (bicyclic) bond motifs is 1. The lowest BCUT2D eigenvalue weighted by Crippen LogP contribution is -2.39. The molecule has 0 N–H and O–H groups in total. The molecule has 23 heavy (non-hydrogen) atoms. The Kier molecular flexibility index (Phi) is 3.93. The zero-order valence-electron chi connectivity index (χ0n) is 13.2. The number of furan rings is 1. The number of amides is 1. The van der Waals surface area contributed by atoms with Crippen molar-refractivity contribution in [2.24, 2.45) is 5.41 Å². The lowest BCUT2D eigenvalue weighted by atomic mass is 9.95. The molecule has 1 aromatic carbocycles. The molecule has 6 heteroatoms. The molecule has 4 nitrogen and oxygen atoms in total. The summed E-state index contributed by atoms with van der Waals surface area (Å²) in [6, 6.07) is 8.02. The molecule has 1 amide bonds. The van der Waals surface area contributed by atoms with Crippen LogP contribution in [-0.4, -0.2) is 10.9 Å². The Morgan fingerprint density at radius 3 is 2.78 bits per heavy atom. The monoisotopic (exact) mass is 332 g/mol. The molecule has 0 unspecified atom stereocenters. The molecule has 0 atom stereocenters. The maximum absolute atomic E-state index is 13.4. The van der Waals surface area contributed by atoms with Gasteiger partial charge in [-0.2, -0.15) is 0 Å². The van der Waals surface area contributed by atoms with Gasteiger partial charge in [0.2, 0.25) is 5.91 Å². The zero-order valence-corrected chi connectivity index (χ0v) is 14.0. The quantitative estimate of drug-likeness (QED) is 0.704. The number of nitrogens with zero attached hydrogens (tertiary/aromatic N) is 2. The molecule has 0 aliphatic carbocycles. The summed E-state index contributed by atoms with van der Waals surface area (Å²) < 4.78 is 19.5. The second kappa shape index (κ2) is 5.77. The third kappa shape index (κ3) is 3.27. The number of halogens is 1. The molecule has 0 spiro atoms. The molecule has 120 valence electrons. The lowest BCUT2D eigenvalue weighted by Gasteiger charge is -2.26. The van der Waals surface area contributed by atoms with Gasteiger partial charge in [-0.25, -0.2) is 9.37 Å². The number of rotatable bonds is 3. The van der Waals surface area contributed by atoms with Crippen LogP contribution in [-0.2, 0) is 11.3 Å². The van der Waals surface area contributed by atoms with Crippen molar-refractivity contribution in [3.8, 4) is 0 Å². The summed E-state index contributed by atoms with van der Waals surface area (Å²) in [7, 11) is 0. The first-order chi connectivity index (χ1) is 10.8. The van der Waals surface area contributed by atoms with Gasteiger partial charge in [0.05, 0.1) is 23.0 Å². The molecule has 0 bridgehead atoms. The van der Waals surface area contributed by atoms with Gasteiger partial charge in [0, 0.05) is 5.41 Å². The summed E-state index contributed by atoms with van der Waals surface area (Å²) in [5.41, 5.74) is 0.118. The van der Waals surface area contributed by atoms with Crippen molar-refractivity contribution in [2.75, 3.05) is 4.90 Å². The Morgan fingerprint density at radius 2 is 2.13 bits per heavy atom. The highest BCUT2D eigenvalue weighted by Gasteiger charge is 2.30. The summed E-state index contributed by atoms with van der Waals surface area (Å²) in [6.07, 6.45) is 1.57. The van der Waals surface area contributed by atoms with Gasteiger partial charge in [-0.15, -0.1) is 0 Å². The average Bonchev–Trinajstić information content (AvgIpc) is 3.11. The van der Waals surface area contributed by atoms with Gasteiger partial charge in [0.25, 0.3) is 0 Å². The van der Waals surface area contributed by atoms with E-state index < -0.39 is 5.41 Å². The number of carbonyl (C=O) groups is 1. The second-order valence-electron chi connectivity index (χ2n) is 6.33. The van der Waals surface area contributed by atoms with Crippen molar-refractivity contribution in [1.29, 1.82) is 0 Å². The van der Waals surface area contributed by atoms with Crippen molar-refractivity contribution < 1.29 is 13.6 Å². The Morgan fingerprint density at radius 1 is 1.35 bits per heavy atom.